The van der Waals surface area contributed by atoms with Crippen LogP contribution in [0.15, 0.2) is 60.7 Å². The zero-order valence-corrected chi connectivity index (χ0v) is 14.8. The Morgan fingerprint density at radius 2 is 0.958 bits per heavy atom. The maximum absolute atomic E-state index is 2.44. The van der Waals surface area contributed by atoms with E-state index in [1.807, 2.05) is 0 Å². The van der Waals surface area contributed by atoms with Crippen LogP contribution in [0.4, 0.5) is 0 Å². The predicted octanol–water partition coefficient (Wildman–Crippen LogP) is 6.72. The monoisotopic (exact) mass is 310 g/mol. The minimum absolute atomic E-state index is 0.120. The second kappa shape index (κ2) is 4.19. The Bertz CT molecular complexity index is 1050. The van der Waals surface area contributed by atoms with Gasteiger partial charge in [0.25, 0.3) is 0 Å². The summed E-state index contributed by atoms with van der Waals surface area (Å²) in [6.45, 7) is 9.62. The maximum Gasteiger partial charge on any atom is -0.000534 e. The van der Waals surface area contributed by atoms with Crippen LogP contribution in [0.25, 0.3) is 32.3 Å². The zero-order chi connectivity index (χ0) is 16.7. The highest BCUT2D eigenvalue weighted by Crippen LogP contribution is 2.56. The van der Waals surface area contributed by atoms with E-state index in [1.165, 1.54) is 43.4 Å². The molecule has 0 heterocycles. The van der Waals surface area contributed by atoms with Gasteiger partial charge in [0.05, 0.1) is 0 Å². The van der Waals surface area contributed by atoms with E-state index < -0.39 is 0 Å². The first-order chi connectivity index (χ1) is 11.4. The van der Waals surface area contributed by atoms with Gasteiger partial charge in [0.1, 0.15) is 0 Å². The summed E-state index contributed by atoms with van der Waals surface area (Å²) in [4.78, 5) is 0. The third kappa shape index (κ3) is 1.45. The van der Waals surface area contributed by atoms with Gasteiger partial charge in [-0.25, -0.2) is 0 Å². The van der Waals surface area contributed by atoms with Crippen LogP contribution in [0.1, 0.15) is 38.8 Å². The first-order valence-corrected chi connectivity index (χ1v) is 8.81. The number of fused-ring (bicyclic) bond motifs is 4. The van der Waals surface area contributed by atoms with E-state index in [0.29, 0.717) is 0 Å². The molecular formula is C24H22. The lowest BCUT2D eigenvalue weighted by Gasteiger charge is -2.37. The second-order valence-electron chi connectivity index (χ2n) is 8.29. The van der Waals surface area contributed by atoms with Gasteiger partial charge in [-0.15, -0.1) is 0 Å². The van der Waals surface area contributed by atoms with Crippen molar-refractivity contribution in [3.8, 4) is 0 Å². The molecule has 0 aromatic heterocycles. The largest absolute Gasteiger partial charge is 0.0616 e. The Morgan fingerprint density at radius 1 is 0.542 bits per heavy atom. The molecule has 0 radical (unpaired) electrons. The summed E-state index contributed by atoms with van der Waals surface area (Å²) in [5, 5.41) is 8.39. The van der Waals surface area contributed by atoms with E-state index in [-0.39, 0.29) is 10.8 Å². The van der Waals surface area contributed by atoms with E-state index in [1.54, 1.807) is 0 Å². The Kier molecular flexibility index (Phi) is 2.45. The van der Waals surface area contributed by atoms with Crippen molar-refractivity contribution >= 4 is 32.3 Å². The summed E-state index contributed by atoms with van der Waals surface area (Å²) in [6, 6.07) is 22.6. The molecule has 0 fully saturated rings. The Labute approximate surface area is 143 Å². The molecule has 0 saturated heterocycles. The molecular weight excluding hydrogens is 288 g/mol. The average molecular weight is 310 g/mol. The van der Waals surface area contributed by atoms with Crippen molar-refractivity contribution in [2.75, 3.05) is 0 Å². The molecule has 1 aliphatic rings. The van der Waals surface area contributed by atoms with Crippen molar-refractivity contribution in [3.05, 3.63) is 71.8 Å². The van der Waals surface area contributed by atoms with Gasteiger partial charge in [-0.1, -0.05) is 76.2 Å². The molecule has 0 heteroatoms. The molecule has 0 unspecified atom stereocenters. The first kappa shape index (κ1) is 14.0. The van der Waals surface area contributed by atoms with E-state index in [4.69, 9.17) is 0 Å². The Hall–Kier alpha value is -2.34. The molecule has 0 nitrogen and oxygen atoms in total. The van der Waals surface area contributed by atoms with Crippen LogP contribution in [0, 0.1) is 0 Å². The zero-order valence-electron chi connectivity index (χ0n) is 14.8. The third-order valence-corrected chi connectivity index (χ3v) is 6.76. The fourth-order valence-electron chi connectivity index (χ4n) is 4.64. The van der Waals surface area contributed by atoms with E-state index in [9.17, 15) is 0 Å². The van der Waals surface area contributed by atoms with E-state index in [2.05, 4.69) is 88.4 Å². The van der Waals surface area contributed by atoms with E-state index >= 15 is 0 Å². The van der Waals surface area contributed by atoms with Crippen molar-refractivity contribution < 1.29 is 0 Å². The summed E-state index contributed by atoms with van der Waals surface area (Å²) in [6.07, 6.45) is 0. The molecule has 5 rings (SSSR count). The molecule has 0 amide bonds. The number of benzene rings is 4. The van der Waals surface area contributed by atoms with Crippen LogP contribution in [-0.2, 0) is 10.8 Å². The van der Waals surface area contributed by atoms with Gasteiger partial charge >= 0.3 is 0 Å². The summed E-state index contributed by atoms with van der Waals surface area (Å²) in [5.74, 6) is 0. The molecule has 0 aliphatic heterocycles. The van der Waals surface area contributed by atoms with Crippen LogP contribution in [0.5, 0.6) is 0 Å². The summed E-state index contributed by atoms with van der Waals surface area (Å²) < 4.78 is 0. The number of hydrogen-bond donors (Lipinski definition) is 0. The maximum atomic E-state index is 2.44. The van der Waals surface area contributed by atoms with Gasteiger partial charge in [-0.05, 0) is 66.4 Å². The van der Waals surface area contributed by atoms with Gasteiger partial charge in [0.2, 0.25) is 0 Å². The molecule has 118 valence electrons. The summed E-state index contributed by atoms with van der Waals surface area (Å²) in [5.41, 5.74) is 3.24. The normalized spacial score (nSPS) is 17.8. The van der Waals surface area contributed by atoms with Crippen LogP contribution < -0.4 is 0 Å². The molecule has 0 atom stereocenters. The fraction of sp³-hybridized carbons (Fsp3) is 0.250. The number of rotatable bonds is 0. The molecule has 4 aromatic rings. The van der Waals surface area contributed by atoms with Crippen LogP contribution >= 0.6 is 0 Å². The highest BCUT2D eigenvalue weighted by atomic mass is 14.5. The minimum atomic E-state index is 0.120. The molecule has 0 spiro atoms. The molecule has 24 heavy (non-hydrogen) atoms. The van der Waals surface area contributed by atoms with Crippen molar-refractivity contribution in [1.82, 2.24) is 0 Å². The smallest absolute Gasteiger partial charge is 0.000534 e. The minimum Gasteiger partial charge on any atom is -0.0616 e. The van der Waals surface area contributed by atoms with Crippen molar-refractivity contribution in [2.24, 2.45) is 0 Å². The summed E-state index contributed by atoms with van der Waals surface area (Å²) >= 11 is 0. The number of hydrogen-bond acceptors (Lipinski definition) is 0. The third-order valence-electron chi connectivity index (χ3n) is 6.76. The van der Waals surface area contributed by atoms with E-state index in [0.717, 1.165) is 0 Å². The predicted molar refractivity (Wildman–Crippen MR) is 105 cm³/mol. The Balaban J connectivity index is 2.19. The standard InChI is InChI=1S/C24H22/c1-23(2)19-13-15-9-5-7-11-17(15)21-18-12-8-6-10-16(18)14-20(22(19)21)24(23,3)4/h5-14H,1-4H3. The van der Waals surface area contributed by atoms with Gasteiger partial charge in [-0.2, -0.15) is 0 Å². The molecule has 0 bridgehead atoms. The van der Waals surface area contributed by atoms with Crippen molar-refractivity contribution in [3.63, 3.8) is 0 Å². The molecule has 0 N–H and O–H groups in total. The van der Waals surface area contributed by atoms with Crippen LogP contribution in [0.3, 0.4) is 0 Å². The highest BCUT2D eigenvalue weighted by molar-refractivity contribution is 6.23. The highest BCUT2D eigenvalue weighted by Gasteiger charge is 2.47. The molecule has 1 aliphatic carbocycles. The van der Waals surface area contributed by atoms with Gasteiger partial charge < -0.3 is 0 Å². The quantitative estimate of drug-likeness (QED) is 0.316. The Morgan fingerprint density at radius 3 is 1.42 bits per heavy atom. The first-order valence-electron chi connectivity index (χ1n) is 8.81. The summed E-state index contributed by atoms with van der Waals surface area (Å²) in [7, 11) is 0. The lowest BCUT2D eigenvalue weighted by atomic mass is 9.66. The van der Waals surface area contributed by atoms with Gasteiger partial charge in [-0.3, -0.25) is 0 Å². The second-order valence-corrected chi connectivity index (χ2v) is 8.29. The topological polar surface area (TPSA) is 0 Å². The fourth-order valence-corrected chi connectivity index (χ4v) is 4.64. The SMILES string of the molecule is CC1(C)c2cc3ccccc3c3c2c(cc2ccccc23)C1(C)C. The van der Waals surface area contributed by atoms with Crippen LogP contribution in [0.2, 0.25) is 0 Å². The molecule has 4 aromatic carbocycles. The van der Waals surface area contributed by atoms with Crippen molar-refractivity contribution in [1.29, 1.82) is 0 Å². The van der Waals surface area contributed by atoms with Crippen molar-refractivity contribution in [2.45, 2.75) is 38.5 Å². The average Bonchev–Trinajstić information content (AvgIpc) is 2.73. The van der Waals surface area contributed by atoms with Gasteiger partial charge in [0.15, 0.2) is 0 Å². The lowest BCUT2D eigenvalue weighted by Crippen LogP contribution is -2.35. The lowest BCUT2D eigenvalue weighted by molar-refractivity contribution is 0.322. The molecule has 0 saturated carbocycles. The van der Waals surface area contributed by atoms with Gasteiger partial charge in [0, 0.05) is 0 Å². The van der Waals surface area contributed by atoms with Crippen LogP contribution in [-0.4, -0.2) is 0 Å².